The van der Waals surface area contributed by atoms with E-state index >= 15 is 0 Å². The van der Waals surface area contributed by atoms with Crippen molar-refractivity contribution < 1.29 is 14.0 Å². The van der Waals surface area contributed by atoms with Crippen molar-refractivity contribution in [2.45, 2.75) is 45.1 Å². The van der Waals surface area contributed by atoms with E-state index in [4.69, 9.17) is 4.42 Å². The molecular weight excluding hydrogens is 426 g/mol. The molecule has 1 saturated heterocycles. The first-order chi connectivity index (χ1) is 16.5. The van der Waals surface area contributed by atoms with E-state index in [-0.39, 0.29) is 17.9 Å². The van der Waals surface area contributed by atoms with Gasteiger partial charge in [0, 0.05) is 45.0 Å². The first kappa shape index (κ1) is 23.7. The lowest BCUT2D eigenvalue weighted by Gasteiger charge is -2.40. The Balaban J connectivity index is 1.41. The second kappa shape index (κ2) is 11.1. The average Bonchev–Trinajstić information content (AvgIpc) is 3.32. The van der Waals surface area contributed by atoms with Crippen LogP contribution in [0.15, 0.2) is 71.6 Å². The molecule has 34 heavy (non-hydrogen) atoms. The molecular formula is C28H33N3O3. The summed E-state index contributed by atoms with van der Waals surface area (Å²) < 4.78 is 5.38. The summed E-state index contributed by atoms with van der Waals surface area (Å²) in [7, 11) is 1.90. The van der Waals surface area contributed by atoms with E-state index in [1.807, 2.05) is 60.3 Å². The topological polar surface area (TPSA) is 66.7 Å². The van der Waals surface area contributed by atoms with E-state index in [2.05, 4.69) is 17.1 Å². The first-order valence-electron chi connectivity index (χ1n) is 12.0. The van der Waals surface area contributed by atoms with Crippen molar-refractivity contribution in [3.8, 4) is 0 Å². The molecule has 3 aromatic rings. The highest BCUT2D eigenvalue weighted by atomic mass is 16.3. The van der Waals surface area contributed by atoms with Crippen molar-refractivity contribution in [1.82, 2.24) is 14.8 Å². The molecule has 0 aliphatic carbocycles. The minimum Gasteiger partial charge on any atom is -0.469 e. The molecule has 0 radical (unpaired) electrons. The lowest BCUT2D eigenvalue weighted by atomic mass is 9.84. The van der Waals surface area contributed by atoms with E-state index in [0.717, 1.165) is 37.9 Å². The van der Waals surface area contributed by atoms with Crippen molar-refractivity contribution in [2.24, 2.45) is 5.92 Å². The van der Waals surface area contributed by atoms with Crippen molar-refractivity contribution >= 4 is 11.8 Å². The number of aryl methyl sites for hydroxylation is 2. The van der Waals surface area contributed by atoms with Crippen molar-refractivity contribution in [3.63, 3.8) is 0 Å². The summed E-state index contributed by atoms with van der Waals surface area (Å²) in [6.07, 6.45) is 8.92. The van der Waals surface area contributed by atoms with Gasteiger partial charge in [-0.05, 0) is 61.8 Å². The molecule has 1 atom stereocenters. The highest BCUT2D eigenvalue weighted by molar-refractivity contribution is 5.95. The van der Waals surface area contributed by atoms with Crippen LogP contribution in [-0.4, -0.2) is 52.8 Å². The number of likely N-dealkylation sites (tertiary alicyclic amines) is 1. The molecule has 6 nitrogen and oxygen atoms in total. The summed E-state index contributed by atoms with van der Waals surface area (Å²) in [5.74, 6) is 1.15. The van der Waals surface area contributed by atoms with Gasteiger partial charge >= 0.3 is 0 Å². The van der Waals surface area contributed by atoms with Gasteiger partial charge in [-0.1, -0.05) is 36.4 Å². The second-order valence-corrected chi connectivity index (χ2v) is 9.14. The third kappa shape index (κ3) is 5.74. The van der Waals surface area contributed by atoms with Gasteiger partial charge in [-0.25, -0.2) is 0 Å². The summed E-state index contributed by atoms with van der Waals surface area (Å²) >= 11 is 0. The van der Waals surface area contributed by atoms with Gasteiger partial charge in [-0.2, -0.15) is 0 Å². The number of piperidine rings is 1. The predicted molar refractivity (Wildman–Crippen MR) is 131 cm³/mol. The summed E-state index contributed by atoms with van der Waals surface area (Å²) in [6, 6.07) is 16.0. The number of benzene rings is 1. The monoisotopic (exact) mass is 459 g/mol. The Morgan fingerprint density at radius 2 is 1.82 bits per heavy atom. The largest absolute Gasteiger partial charge is 0.469 e. The SMILES string of the molecule is Cc1occc1C(=O)N(C)C(Cc1ccccc1)C1CCN(C(=O)CCc2cccnc2)CC1. The van der Waals surface area contributed by atoms with Crippen LogP contribution in [0.2, 0.25) is 0 Å². The van der Waals surface area contributed by atoms with E-state index in [9.17, 15) is 9.59 Å². The van der Waals surface area contributed by atoms with Crippen LogP contribution in [0.5, 0.6) is 0 Å². The predicted octanol–water partition coefficient (Wildman–Crippen LogP) is 4.54. The standard InChI is InChI=1S/C28H33N3O3/c1-21-25(14-18-34-21)28(33)30(2)26(19-22-7-4-3-5-8-22)24-12-16-31(17-13-24)27(32)11-10-23-9-6-15-29-20-23/h3-9,14-15,18,20,24,26H,10-13,16-17,19H2,1-2H3. The number of furan rings is 1. The fourth-order valence-corrected chi connectivity index (χ4v) is 4.91. The van der Waals surface area contributed by atoms with E-state index < -0.39 is 0 Å². The fourth-order valence-electron chi connectivity index (χ4n) is 4.91. The third-order valence-corrected chi connectivity index (χ3v) is 6.98. The quantitative estimate of drug-likeness (QED) is 0.496. The Bertz CT molecular complexity index is 1070. The van der Waals surface area contributed by atoms with Crippen LogP contribution in [0, 0.1) is 12.8 Å². The van der Waals surface area contributed by atoms with Gasteiger partial charge < -0.3 is 14.2 Å². The summed E-state index contributed by atoms with van der Waals surface area (Å²) in [6.45, 7) is 3.28. The molecule has 1 unspecified atom stereocenters. The number of carbonyl (C=O) groups is 2. The fraction of sp³-hybridized carbons (Fsp3) is 0.393. The van der Waals surface area contributed by atoms with Crippen molar-refractivity contribution in [3.05, 3.63) is 89.6 Å². The molecule has 0 bridgehead atoms. The van der Waals surface area contributed by atoms with Crippen LogP contribution < -0.4 is 0 Å². The number of nitrogens with zero attached hydrogens (tertiary/aromatic N) is 3. The number of pyridine rings is 1. The summed E-state index contributed by atoms with van der Waals surface area (Å²) in [5.41, 5.74) is 2.91. The van der Waals surface area contributed by atoms with Crippen LogP contribution in [0.1, 0.15) is 46.5 Å². The zero-order valence-electron chi connectivity index (χ0n) is 20.0. The lowest BCUT2D eigenvalue weighted by molar-refractivity contribution is -0.132. The van der Waals surface area contributed by atoms with Crippen LogP contribution in [0.4, 0.5) is 0 Å². The number of aromatic nitrogens is 1. The Hall–Kier alpha value is -3.41. The van der Waals surface area contributed by atoms with Gasteiger partial charge in [0.25, 0.3) is 5.91 Å². The van der Waals surface area contributed by atoms with E-state index in [0.29, 0.717) is 30.1 Å². The van der Waals surface area contributed by atoms with Crippen molar-refractivity contribution in [2.75, 3.05) is 20.1 Å². The Labute approximate surface area is 201 Å². The zero-order chi connectivity index (χ0) is 23.9. The lowest BCUT2D eigenvalue weighted by Crippen LogP contribution is -2.48. The zero-order valence-corrected chi connectivity index (χ0v) is 20.0. The van der Waals surface area contributed by atoms with Crippen LogP contribution in [-0.2, 0) is 17.6 Å². The molecule has 1 aliphatic heterocycles. The Morgan fingerprint density at radius 3 is 2.47 bits per heavy atom. The van der Waals surface area contributed by atoms with Gasteiger partial charge in [0.05, 0.1) is 11.8 Å². The van der Waals surface area contributed by atoms with Gasteiger partial charge in [-0.15, -0.1) is 0 Å². The van der Waals surface area contributed by atoms with Crippen molar-refractivity contribution in [1.29, 1.82) is 0 Å². The smallest absolute Gasteiger partial charge is 0.257 e. The minimum absolute atomic E-state index is 0.0119. The third-order valence-electron chi connectivity index (χ3n) is 6.98. The van der Waals surface area contributed by atoms with Gasteiger partial charge in [0.1, 0.15) is 5.76 Å². The number of hydrogen-bond acceptors (Lipinski definition) is 4. The van der Waals surface area contributed by atoms with Crippen LogP contribution in [0.25, 0.3) is 0 Å². The molecule has 4 rings (SSSR count). The van der Waals surface area contributed by atoms with Crippen LogP contribution in [0.3, 0.4) is 0 Å². The van der Waals surface area contributed by atoms with Gasteiger partial charge in [-0.3, -0.25) is 14.6 Å². The maximum absolute atomic E-state index is 13.3. The highest BCUT2D eigenvalue weighted by Crippen LogP contribution is 2.28. The average molecular weight is 460 g/mol. The molecule has 0 saturated carbocycles. The molecule has 2 aromatic heterocycles. The number of hydrogen-bond donors (Lipinski definition) is 0. The molecule has 0 spiro atoms. The minimum atomic E-state index is -0.0119. The molecule has 1 aromatic carbocycles. The number of likely N-dealkylation sites (N-methyl/N-ethyl adjacent to an activating group) is 1. The molecule has 1 fully saturated rings. The number of carbonyl (C=O) groups excluding carboxylic acids is 2. The van der Waals surface area contributed by atoms with E-state index in [1.54, 1.807) is 18.5 Å². The molecule has 6 heteroatoms. The first-order valence-corrected chi connectivity index (χ1v) is 12.0. The molecule has 0 N–H and O–H groups in total. The molecule has 3 heterocycles. The van der Waals surface area contributed by atoms with E-state index in [1.165, 1.54) is 5.56 Å². The van der Waals surface area contributed by atoms with Gasteiger partial charge in [0.2, 0.25) is 5.91 Å². The summed E-state index contributed by atoms with van der Waals surface area (Å²) in [5, 5.41) is 0. The second-order valence-electron chi connectivity index (χ2n) is 9.14. The Morgan fingerprint density at radius 1 is 1.09 bits per heavy atom. The van der Waals surface area contributed by atoms with Crippen LogP contribution >= 0.6 is 0 Å². The van der Waals surface area contributed by atoms with Gasteiger partial charge in [0.15, 0.2) is 0 Å². The Kier molecular flexibility index (Phi) is 7.78. The highest BCUT2D eigenvalue weighted by Gasteiger charge is 2.33. The maximum atomic E-state index is 13.3. The number of amides is 2. The summed E-state index contributed by atoms with van der Waals surface area (Å²) in [4.78, 5) is 34.1. The normalized spacial score (nSPS) is 15.2. The molecule has 2 amide bonds. The number of rotatable bonds is 8. The molecule has 178 valence electrons. The molecule has 1 aliphatic rings. The maximum Gasteiger partial charge on any atom is 0.257 e.